The molecule has 4 heteroatoms. The summed E-state index contributed by atoms with van der Waals surface area (Å²) >= 11 is 0. The van der Waals surface area contributed by atoms with Crippen LogP contribution in [0.15, 0.2) is 12.4 Å². The van der Waals surface area contributed by atoms with E-state index in [1.165, 1.54) is 0 Å². The lowest BCUT2D eigenvalue weighted by molar-refractivity contribution is 0.191. The number of ether oxygens (including phenoxy) is 1. The van der Waals surface area contributed by atoms with Gasteiger partial charge in [-0.25, -0.2) is 4.98 Å². The summed E-state index contributed by atoms with van der Waals surface area (Å²) in [5.74, 6) is 1.10. The molecule has 0 saturated carbocycles. The smallest absolute Gasteiger partial charge is 0.122 e. The number of aromatic nitrogens is 2. The first kappa shape index (κ1) is 11.2. The molecule has 0 aliphatic rings. The van der Waals surface area contributed by atoms with Crippen LogP contribution in [-0.2, 0) is 17.8 Å². The monoisotopic (exact) mass is 197 g/mol. The normalized spacial score (nSPS) is 10.7. The van der Waals surface area contributed by atoms with E-state index in [0.717, 1.165) is 38.4 Å². The van der Waals surface area contributed by atoms with E-state index in [9.17, 15) is 0 Å². The molecule has 0 radical (unpaired) electrons. The van der Waals surface area contributed by atoms with Crippen LogP contribution in [-0.4, -0.2) is 30.3 Å². The third kappa shape index (κ3) is 3.47. The summed E-state index contributed by atoms with van der Waals surface area (Å²) in [5.41, 5.74) is 0. The first-order valence-electron chi connectivity index (χ1n) is 5.02. The van der Waals surface area contributed by atoms with E-state index >= 15 is 0 Å². The van der Waals surface area contributed by atoms with Gasteiger partial charge in [0.1, 0.15) is 5.82 Å². The first-order chi connectivity index (χ1) is 6.88. The Labute approximate surface area is 85.3 Å². The van der Waals surface area contributed by atoms with E-state index in [1.807, 2.05) is 19.4 Å². The molecule has 1 rings (SSSR count). The Bertz CT molecular complexity index is 247. The number of methoxy groups -OCH3 is 1. The maximum absolute atomic E-state index is 5.00. The standard InChI is InChI=1S/C10H19N3O/c1-11-9-10-12-5-7-13(10)6-3-4-8-14-2/h5,7,11H,3-4,6,8-9H2,1-2H3. The van der Waals surface area contributed by atoms with Crippen molar-refractivity contribution in [3.05, 3.63) is 18.2 Å². The summed E-state index contributed by atoms with van der Waals surface area (Å²) in [4.78, 5) is 4.27. The summed E-state index contributed by atoms with van der Waals surface area (Å²) in [6.07, 6.45) is 6.12. The Balaban J connectivity index is 2.30. The predicted molar refractivity (Wildman–Crippen MR) is 56.1 cm³/mol. The van der Waals surface area contributed by atoms with Gasteiger partial charge in [-0.05, 0) is 19.9 Å². The third-order valence-corrected chi connectivity index (χ3v) is 2.13. The fourth-order valence-corrected chi connectivity index (χ4v) is 1.40. The largest absolute Gasteiger partial charge is 0.385 e. The maximum Gasteiger partial charge on any atom is 0.122 e. The van der Waals surface area contributed by atoms with Crippen molar-refractivity contribution in [2.24, 2.45) is 0 Å². The van der Waals surface area contributed by atoms with Crippen LogP contribution >= 0.6 is 0 Å². The van der Waals surface area contributed by atoms with Gasteiger partial charge >= 0.3 is 0 Å². The van der Waals surface area contributed by atoms with E-state index in [4.69, 9.17) is 4.74 Å². The molecule has 0 saturated heterocycles. The Morgan fingerprint density at radius 2 is 2.36 bits per heavy atom. The number of unbranched alkanes of at least 4 members (excludes halogenated alkanes) is 1. The zero-order valence-electron chi connectivity index (χ0n) is 8.99. The highest BCUT2D eigenvalue weighted by molar-refractivity contribution is 4.91. The summed E-state index contributed by atoms with van der Waals surface area (Å²) < 4.78 is 7.19. The Morgan fingerprint density at radius 3 is 3.07 bits per heavy atom. The lowest BCUT2D eigenvalue weighted by Gasteiger charge is -2.06. The topological polar surface area (TPSA) is 39.1 Å². The zero-order chi connectivity index (χ0) is 10.2. The molecular weight excluding hydrogens is 178 g/mol. The van der Waals surface area contributed by atoms with Crippen LogP contribution in [0.1, 0.15) is 18.7 Å². The second-order valence-electron chi connectivity index (χ2n) is 3.27. The number of aryl methyl sites for hydroxylation is 1. The van der Waals surface area contributed by atoms with Crippen molar-refractivity contribution in [2.45, 2.75) is 25.9 Å². The minimum absolute atomic E-state index is 0.831. The molecule has 1 heterocycles. The molecule has 4 nitrogen and oxygen atoms in total. The number of rotatable bonds is 7. The van der Waals surface area contributed by atoms with Crippen LogP contribution in [0.4, 0.5) is 0 Å². The second kappa shape index (κ2) is 6.56. The maximum atomic E-state index is 5.00. The van der Waals surface area contributed by atoms with Crippen LogP contribution in [0.25, 0.3) is 0 Å². The first-order valence-corrected chi connectivity index (χ1v) is 5.02. The fraction of sp³-hybridized carbons (Fsp3) is 0.700. The average Bonchev–Trinajstić information content (AvgIpc) is 2.61. The number of imidazole rings is 1. The van der Waals surface area contributed by atoms with Crippen molar-refractivity contribution in [1.29, 1.82) is 0 Å². The molecule has 0 atom stereocenters. The van der Waals surface area contributed by atoms with Crippen LogP contribution in [0.2, 0.25) is 0 Å². The van der Waals surface area contributed by atoms with E-state index in [0.29, 0.717) is 0 Å². The Kier molecular flexibility index (Phi) is 5.25. The molecule has 1 aromatic heterocycles. The summed E-state index contributed by atoms with van der Waals surface area (Å²) in [6, 6.07) is 0. The number of hydrogen-bond donors (Lipinski definition) is 1. The molecule has 0 aliphatic carbocycles. The molecule has 14 heavy (non-hydrogen) atoms. The average molecular weight is 197 g/mol. The minimum Gasteiger partial charge on any atom is -0.385 e. The van der Waals surface area contributed by atoms with E-state index in [-0.39, 0.29) is 0 Å². The van der Waals surface area contributed by atoms with Crippen molar-refractivity contribution < 1.29 is 4.74 Å². The van der Waals surface area contributed by atoms with Crippen LogP contribution < -0.4 is 5.32 Å². The molecule has 0 amide bonds. The zero-order valence-corrected chi connectivity index (χ0v) is 8.99. The van der Waals surface area contributed by atoms with Crippen molar-refractivity contribution in [2.75, 3.05) is 20.8 Å². The molecule has 0 unspecified atom stereocenters. The van der Waals surface area contributed by atoms with Gasteiger partial charge in [0.2, 0.25) is 0 Å². The van der Waals surface area contributed by atoms with Crippen molar-refractivity contribution in [1.82, 2.24) is 14.9 Å². The van der Waals surface area contributed by atoms with Crippen molar-refractivity contribution >= 4 is 0 Å². The van der Waals surface area contributed by atoms with Gasteiger partial charge in [0, 0.05) is 32.7 Å². The molecule has 1 N–H and O–H groups in total. The molecule has 0 bridgehead atoms. The molecule has 0 aromatic carbocycles. The van der Waals surface area contributed by atoms with E-state index in [2.05, 4.69) is 14.9 Å². The number of nitrogens with zero attached hydrogens (tertiary/aromatic N) is 2. The molecular formula is C10H19N3O. The van der Waals surface area contributed by atoms with Crippen molar-refractivity contribution in [3.63, 3.8) is 0 Å². The van der Waals surface area contributed by atoms with Gasteiger partial charge in [0.05, 0.1) is 6.54 Å². The lowest BCUT2D eigenvalue weighted by Crippen LogP contribution is -2.12. The molecule has 0 fully saturated rings. The van der Waals surface area contributed by atoms with Crippen molar-refractivity contribution in [3.8, 4) is 0 Å². The number of hydrogen-bond acceptors (Lipinski definition) is 3. The minimum atomic E-state index is 0.831. The molecule has 80 valence electrons. The molecule has 0 aliphatic heterocycles. The predicted octanol–water partition coefficient (Wildman–Crippen LogP) is 1.03. The third-order valence-electron chi connectivity index (χ3n) is 2.13. The summed E-state index contributed by atoms with van der Waals surface area (Å²) in [7, 11) is 3.67. The van der Waals surface area contributed by atoms with Gasteiger partial charge < -0.3 is 14.6 Å². The van der Waals surface area contributed by atoms with Gasteiger partial charge in [-0.15, -0.1) is 0 Å². The lowest BCUT2D eigenvalue weighted by atomic mass is 10.3. The van der Waals surface area contributed by atoms with E-state index < -0.39 is 0 Å². The summed E-state index contributed by atoms with van der Waals surface area (Å²) in [5, 5.41) is 3.10. The highest BCUT2D eigenvalue weighted by atomic mass is 16.5. The molecule has 1 aromatic rings. The Hall–Kier alpha value is -0.870. The van der Waals surface area contributed by atoms with E-state index in [1.54, 1.807) is 7.11 Å². The second-order valence-corrected chi connectivity index (χ2v) is 3.27. The number of nitrogens with one attached hydrogen (secondary N) is 1. The highest BCUT2D eigenvalue weighted by Gasteiger charge is 2.00. The van der Waals surface area contributed by atoms with Gasteiger partial charge in [0.25, 0.3) is 0 Å². The van der Waals surface area contributed by atoms with Crippen LogP contribution in [0.5, 0.6) is 0 Å². The molecule has 0 spiro atoms. The van der Waals surface area contributed by atoms with Crippen LogP contribution in [0.3, 0.4) is 0 Å². The quantitative estimate of drug-likeness (QED) is 0.664. The van der Waals surface area contributed by atoms with Gasteiger partial charge in [-0.2, -0.15) is 0 Å². The van der Waals surface area contributed by atoms with Crippen LogP contribution in [0, 0.1) is 0 Å². The Morgan fingerprint density at radius 1 is 1.50 bits per heavy atom. The van der Waals surface area contributed by atoms with Gasteiger partial charge in [0.15, 0.2) is 0 Å². The fourth-order valence-electron chi connectivity index (χ4n) is 1.40. The van der Waals surface area contributed by atoms with Gasteiger partial charge in [-0.3, -0.25) is 0 Å². The SMILES string of the molecule is CNCc1nccn1CCCCOC. The summed E-state index contributed by atoms with van der Waals surface area (Å²) in [6.45, 7) is 2.70. The highest BCUT2D eigenvalue weighted by Crippen LogP contribution is 2.01. The van der Waals surface area contributed by atoms with Gasteiger partial charge in [-0.1, -0.05) is 0 Å².